The van der Waals surface area contributed by atoms with Crippen LogP contribution in [0.15, 0.2) is 12.1 Å². The Hall–Kier alpha value is -0.320. The number of hydrogen-bond donors (Lipinski definition) is 2. The molecule has 0 radical (unpaired) electrons. The van der Waals surface area contributed by atoms with Gasteiger partial charge >= 0.3 is 0 Å². The van der Waals surface area contributed by atoms with Crippen LogP contribution in [0.2, 0.25) is 10.0 Å². The van der Waals surface area contributed by atoms with Crippen LogP contribution in [0.3, 0.4) is 0 Å². The fraction of sp³-hybridized carbons (Fsp3) is 0.571. The van der Waals surface area contributed by atoms with E-state index < -0.39 is 6.10 Å². The van der Waals surface area contributed by atoms with Crippen molar-refractivity contribution < 1.29 is 10.2 Å². The van der Waals surface area contributed by atoms with E-state index in [9.17, 15) is 5.11 Å². The summed E-state index contributed by atoms with van der Waals surface area (Å²) in [5.41, 5.74) is 1.95. The Morgan fingerprint density at radius 3 is 2.68 bits per heavy atom. The van der Waals surface area contributed by atoms with Crippen LogP contribution < -0.4 is 0 Å². The van der Waals surface area contributed by atoms with Gasteiger partial charge in [0.2, 0.25) is 0 Å². The summed E-state index contributed by atoms with van der Waals surface area (Å²) in [4.78, 5) is 2.14. The van der Waals surface area contributed by atoms with Crippen LogP contribution in [-0.4, -0.2) is 40.9 Å². The summed E-state index contributed by atoms with van der Waals surface area (Å²) in [6.45, 7) is 4.06. The molecule has 1 aromatic carbocycles. The van der Waals surface area contributed by atoms with Crippen LogP contribution in [0.1, 0.15) is 17.5 Å². The normalized spacial score (nSPS) is 24.7. The minimum absolute atomic E-state index is 0.00618. The molecule has 0 amide bonds. The van der Waals surface area contributed by atoms with Crippen molar-refractivity contribution in [1.29, 1.82) is 0 Å². The summed E-state index contributed by atoms with van der Waals surface area (Å²) in [6, 6.07) is 3.94. The van der Waals surface area contributed by atoms with Crippen molar-refractivity contribution in [3.63, 3.8) is 0 Å². The summed E-state index contributed by atoms with van der Waals surface area (Å²) in [5, 5.41) is 20.3. The summed E-state index contributed by atoms with van der Waals surface area (Å²) < 4.78 is 0. The Labute approximate surface area is 123 Å². The fourth-order valence-corrected chi connectivity index (χ4v) is 2.91. The third-order valence-electron chi connectivity index (χ3n) is 3.79. The standard InChI is InChI=1S/C14H19Cl2NO2/c1-9-2-3-10(14(16)13(9)15)6-17-5-4-11(8-18)12(19)7-17/h2-3,11-12,18-19H,4-8H2,1H3/t11-,12+/m1/s1. The van der Waals surface area contributed by atoms with E-state index in [2.05, 4.69) is 4.90 Å². The summed E-state index contributed by atoms with van der Waals surface area (Å²) >= 11 is 12.4. The molecule has 1 saturated heterocycles. The second-order valence-corrected chi connectivity index (χ2v) is 5.96. The zero-order valence-corrected chi connectivity index (χ0v) is 12.5. The van der Waals surface area contributed by atoms with E-state index in [-0.39, 0.29) is 12.5 Å². The minimum Gasteiger partial charge on any atom is -0.396 e. The first kappa shape index (κ1) is 15.1. The highest BCUT2D eigenvalue weighted by Gasteiger charge is 2.27. The van der Waals surface area contributed by atoms with Gasteiger partial charge in [-0.25, -0.2) is 0 Å². The van der Waals surface area contributed by atoms with Crippen molar-refractivity contribution in [1.82, 2.24) is 4.90 Å². The summed E-state index contributed by atoms with van der Waals surface area (Å²) in [6.07, 6.45) is 0.327. The SMILES string of the molecule is Cc1ccc(CN2CC[C@H](CO)[C@@H](O)C2)c(Cl)c1Cl. The number of aliphatic hydroxyl groups excluding tert-OH is 2. The summed E-state index contributed by atoms with van der Waals surface area (Å²) in [7, 11) is 0. The molecule has 1 aromatic rings. The van der Waals surface area contributed by atoms with Crippen molar-refractivity contribution in [2.45, 2.75) is 26.0 Å². The topological polar surface area (TPSA) is 43.7 Å². The van der Waals surface area contributed by atoms with E-state index in [1.807, 2.05) is 19.1 Å². The molecular weight excluding hydrogens is 285 g/mol. The van der Waals surface area contributed by atoms with Gasteiger partial charge < -0.3 is 10.2 Å². The molecule has 5 heteroatoms. The molecule has 2 rings (SSSR count). The lowest BCUT2D eigenvalue weighted by Gasteiger charge is -2.35. The van der Waals surface area contributed by atoms with Gasteiger partial charge in [0.25, 0.3) is 0 Å². The van der Waals surface area contributed by atoms with Crippen molar-refractivity contribution >= 4 is 23.2 Å². The third kappa shape index (κ3) is 3.41. The number of benzene rings is 1. The van der Waals surface area contributed by atoms with Crippen LogP contribution in [-0.2, 0) is 6.54 Å². The molecule has 106 valence electrons. The van der Waals surface area contributed by atoms with Crippen molar-refractivity contribution in [3.8, 4) is 0 Å². The zero-order valence-electron chi connectivity index (χ0n) is 10.9. The van der Waals surface area contributed by atoms with Crippen LogP contribution in [0.25, 0.3) is 0 Å². The van der Waals surface area contributed by atoms with E-state index >= 15 is 0 Å². The molecule has 2 atom stereocenters. The molecule has 1 fully saturated rings. The van der Waals surface area contributed by atoms with E-state index in [4.69, 9.17) is 28.3 Å². The lowest BCUT2D eigenvalue weighted by atomic mass is 9.94. The molecule has 0 saturated carbocycles. The van der Waals surface area contributed by atoms with Gasteiger partial charge in [0.15, 0.2) is 0 Å². The van der Waals surface area contributed by atoms with E-state index in [1.54, 1.807) is 0 Å². The average Bonchev–Trinajstić information content (AvgIpc) is 2.40. The highest BCUT2D eigenvalue weighted by atomic mass is 35.5. The predicted octanol–water partition coefficient (Wildman–Crippen LogP) is 2.48. The van der Waals surface area contributed by atoms with Gasteiger partial charge in [0, 0.05) is 25.6 Å². The van der Waals surface area contributed by atoms with Crippen LogP contribution >= 0.6 is 23.2 Å². The number of aliphatic hydroxyl groups is 2. The Balaban J connectivity index is 2.05. The molecule has 1 aliphatic heterocycles. The van der Waals surface area contributed by atoms with Gasteiger partial charge in [0.05, 0.1) is 16.1 Å². The number of halogens is 2. The number of β-amino-alcohol motifs (C(OH)–C–C–N with tert-alkyl or cyclic N) is 1. The van der Waals surface area contributed by atoms with Crippen LogP contribution in [0.4, 0.5) is 0 Å². The van der Waals surface area contributed by atoms with Crippen molar-refractivity contribution in [2.75, 3.05) is 19.7 Å². The first-order valence-corrected chi connectivity index (χ1v) is 7.23. The lowest BCUT2D eigenvalue weighted by molar-refractivity contribution is -0.00443. The second-order valence-electron chi connectivity index (χ2n) is 5.20. The van der Waals surface area contributed by atoms with Gasteiger partial charge in [-0.2, -0.15) is 0 Å². The first-order valence-electron chi connectivity index (χ1n) is 6.47. The van der Waals surface area contributed by atoms with E-state index in [0.717, 1.165) is 24.1 Å². The minimum atomic E-state index is -0.474. The number of likely N-dealkylation sites (tertiary alicyclic amines) is 1. The average molecular weight is 304 g/mol. The number of aryl methyl sites for hydroxylation is 1. The molecule has 0 aromatic heterocycles. The molecule has 1 aliphatic rings. The van der Waals surface area contributed by atoms with Crippen LogP contribution in [0.5, 0.6) is 0 Å². The fourth-order valence-electron chi connectivity index (χ4n) is 2.45. The molecule has 0 bridgehead atoms. The predicted molar refractivity (Wildman–Crippen MR) is 77.7 cm³/mol. The summed E-state index contributed by atoms with van der Waals surface area (Å²) in [5.74, 6) is -0.00618. The molecule has 19 heavy (non-hydrogen) atoms. The monoisotopic (exact) mass is 303 g/mol. The number of rotatable bonds is 3. The number of nitrogens with zero attached hydrogens (tertiary/aromatic N) is 1. The van der Waals surface area contributed by atoms with Gasteiger partial charge in [-0.15, -0.1) is 0 Å². The molecular formula is C14H19Cl2NO2. The van der Waals surface area contributed by atoms with E-state index in [0.29, 0.717) is 23.1 Å². The molecule has 2 N–H and O–H groups in total. The zero-order chi connectivity index (χ0) is 14.0. The van der Waals surface area contributed by atoms with Gasteiger partial charge in [-0.05, 0) is 31.0 Å². The van der Waals surface area contributed by atoms with Gasteiger partial charge in [0.1, 0.15) is 0 Å². The Bertz CT molecular complexity index is 453. The second kappa shape index (κ2) is 6.42. The lowest BCUT2D eigenvalue weighted by Crippen LogP contribution is -2.44. The smallest absolute Gasteiger partial charge is 0.0717 e. The maximum atomic E-state index is 9.92. The Morgan fingerprint density at radius 1 is 1.32 bits per heavy atom. The molecule has 1 heterocycles. The van der Waals surface area contributed by atoms with Crippen molar-refractivity contribution in [3.05, 3.63) is 33.3 Å². The molecule has 0 spiro atoms. The maximum Gasteiger partial charge on any atom is 0.0717 e. The molecule has 0 unspecified atom stereocenters. The van der Waals surface area contributed by atoms with Crippen molar-refractivity contribution in [2.24, 2.45) is 5.92 Å². The molecule has 0 aliphatic carbocycles. The highest BCUT2D eigenvalue weighted by molar-refractivity contribution is 6.42. The molecule has 3 nitrogen and oxygen atoms in total. The first-order chi connectivity index (χ1) is 9.02. The van der Waals surface area contributed by atoms with Crippen LogP contribution in [0, 0.1) is 12.8 Å². The third-order valence-corrected chi connectivity index (χ3v) is 4.80. The van der Waals surface area contributed by atoms with Gasteiger partial charge in [-0.3, -0.25) is 4.90 Å². The number of piperidine rings is 1. The quantitative estimate of drug-likeness (QED) is 0.901. The number of hydrogen-bond acceptors (Lipinski definition) is 3. The Morgan fingerprint density at radius 2 is 2.05 bits per heavy atom. The largest absolute Gasteiger partial charge is 0.396 e. The van der Waals surface area contributed by atoms with E-state index in [1.165, 1.54) is 0 Å². The maximum absolute atomic E-state index is 9.92. The Kier molecular flexibility index (Phi) is 5.09. The highest BCUT2D eigenvalue weighted by Crippen LogP contribution is 2.30. The van der Waals surface area contributed by atoms with Gasteiger partial charge in [-0.1, -0.05) is 35.3 Å².